The molecule has 6 heteroatoms. The Morgan fingerprint density at radius 3 is 2.27 bits per heavy atom. The van der Waals surface area contributed by atoms with E-state index in [0.29, 0.717) is 19.3 Å². The molecule has 5 aliphatic rings. The fourth-order valence-corrected chi connectivity index (χ4v) is 8.27. The lowest BCUT2D eigenvalue weighted by Gasteiger charge is -2.51. The molecule has 5 fully saturated rings. The lowest BCUT2D eigenvalue weighted by molar-refractivity contribution is -0.222. The standard InChI is InChI=1S/C20H32O6/c1-16(2)15-12(26-15)13-18(4,24)10-6-5-9-14(22)19(10,8-17(9,3)23)7-11(21)20(13,16)25/h9-15,21-25H,5-8H2,1-4H3/t9-,10-,11+,12-,13-,14-,15-,17+,18+,19-,20+/m0/s1. The molecule has 5 rings (SSSR count). The van der Waals surface area contributed by atoms with Gasteiger partial charge in [-0.15, -0.1) is 0 Å². The molecule has 4 aliphatic carbocycles. The quantitative estimate of drug-likeness (QED) is 0.390. The Morgan fingerprint density at radius 2 is 1.62 bits per heavy atom. The van der Waals surface area contributed by atoms with Gasteiger partial charge >= 0.3 is 0 Å². The summed E-state index contributed by atoms with van der Waals surface area (Å²) in [5.74, 6) is -1.17. The highest BCUT2D eigenvalue weighted by molar-refractivity contribution is 5.31. The minimum atomic E-state index is -1.49. The van der Waals surface area contributed by atoms with Crippen LogP contribution in [0.3, 0.4) is 0 Å². The molecule has 26 heavy (non-hydrogen) atoms. The van der Waals surface area contributed by atoms with Crippen molar-refractivity contribution >= 4 is 0 Å². The van der Waals surface area contributed by atoms with Crippen LogP contribution >= 0.6 is 0 Å². The molecule has 2 bridgehead atoms. The van der Waals surface area contributed by atoms with E-state index >= 15 is 0 Å². The maximum atomic E-state index is 11.8. The van der Waals surface area contributed by atoms with Gasteiger partial charge in [-0.3, -0.25) is 0 Å². The molecule has 0 radical (unpaired) electrons. The van der Waals surface area contributed by atoms with Crippen molar-refractivity contribution in [2.45, 2.75) is 94.6 Å². The molecule has 5 N–H and O–H groups in total. The summed E-state index contributed by atoms with van der Waals surface area (Å²) in [6.45, 7) is 7.29. The predicted molar refractivity (Wildman–Crippen MR) is 92.0 cm³/mol. The summed E-state index contributed by atoms with van der Waals surface area (Å²) in [5, 5.41) is 56.9. The summed E-state index contributed by atoms with van der Waals surface area (Å²) in [7, 11) is 0. The van der Waals surface area contributed by atoms with Gasteiger partial charge in [0.2, 0.25) is 0 Å². The van der Waals surface area contributed by atoms with Gasteiger partial charge in [0, 0.05) is 22.7 Å². The van der Waals surface area contributed by atoms with Crippen molar-refractivity contribution in [2.24, 2.45) is 28.6 Å². The molecule has 1 spiro atoms. The van der Waals surface area contributed by atoms with Crippen LogP contribution in [0.4, 0.5) is 0 Å². The zero-order valence-corrected chi connectivity index (χ0v) is 16.0. The average molecular weight is 368 g/mol. The normalized spacial score (nSPS) is 68.0. The zero-order valence-electron chi connectivity index (χ0n) is 16.0. The number of rotatable bonds is 0. The van der Waals surface area contributed by atoms with Gasteiger partial charge in [-0.2, -0.15) is 0 Å². The van der Waals surface area contributed by atoms with Crippen LogP contribution in [0.25, 0.3) is 0 Å². The van der Waals surface area contributed by atoms with E-state index in [-0.39, 0.29) is 30.5 Å². The first kappa shape index (κ1) is 17.8. The summed E-state index contributed by atoms with van der Waals surface area (Å²) in [4.78, 5) is 0. The van der Waals surface area contributed by atoms with Gasteiger partial charge in [0.15, 0.2) is 0 Å². The highest BCUT2D eigenvalue weighted by atomic mass is 16.6. The predicted octanol–water partition coefficient (Wildman–Crippen LogP) is 0.185. The molecule has 1 aliphatic heterocycles. The van der Waals surface area contributed by atoms with E-state index in [2.05, 4.69) is 0 Å². The second-order valence-corrected chi connectivity index (χ2v) is 10.9. The molecular formula is C20H32O6. The third-order valence-corrected chi connectivity index (χ3v) is 9.40. The first-order chi connectivity index (χ1) is 11.8. The second-order valence-electron chi connectivity index (χ2n) is 10.9. The fourth-order valence-electron chi connectivity index (χ4n) is 8.27. The highest BCUT2D eigenvalue weighted by Gasteiger charge is 2.82. The number of hydrogen-bond donors (Lipinski definition) is 5. The Balaban J connectivity index is 1.70. The molecule has 0 aromatic carbocycles. The Morgan fingerprint density at radius 1 is 0.962 bits per heavy atom. The maximum absolute atomic E-state index is 11.8. The van der Waals surface area contributed by atoms with Crippen LogP contribution in [0.15, 0.2) is 0 Å². The monoisotopic (exact) mass is 368 g/mol. The van der Waals surface area contributed by atoms with Crippen molar-refractivity contribution in [2.75, 3.05) is 0 Å². The first-order valence-corrected chi connectivity index (χ1v) is 10.0. The van der Waals surface area contributed by atoms with Crippen LogP contribution in [0.2, 0.25) is 0 Å². The molecule has 11 atom stereocenters. The molecule has 6 nitrogen and oxygen atoms in total. The SMILES string of the molecule is CC1(C)[C@H]2O[C@H]2[C@H]2[C@](C)(O)[C@@H]3CC[C@H]4[C@H](O)[C@@]3(C[C@@H](O)[C@@]21O)C[C@@]4(C)O. The van der Waals surface area contributed by atoms with E-state index in [1.54, 1.807) is 13.8 Å². The summed E-state index contributed by atoms with van der Waals surface area (Å²) in [6, 6.07) is 0. The number of hydrogen-bond acceptors (Lipinski definition) is 6. The Bertz CT molecular complexity index is 659. The Labute approximate surface area is 154 Å². The Kier molecular flexibility index (Phi) is 3.08. The molecule has 0 aromatic rings. The van der Waals surface area contributed by atoms with Gasteiger partial charge in [0.05, 0.1) is 35.6 Å². The molecule has 1 heterocycles. The topological polar surface area (TPSA) is 114 Å². The molecule has 148 valence electrons. The first-order valence-electron chi connectivity index (χ1n) is 10.0. The van der Waals surface area contributed by atoms with Crippen LogP contribution in [0, 0.1) is 28.6 Å². The minimum Gasteiger partial charge on any atom is -0.392 e. The van der Waals surface area contributed by atoms with Gasteiger partial charge in [0.25, 0.3) is 0 Å². The molecule has 4 saturated carbocycles. The van der Waals surface area contributed by atoms with Gasteiger partial charge in [-0.25, -0.2) is 0 Å². The van der Waals surface area contributed by atoms with E-state index in [0.717, 1.165) is 0 Å². The zero-order chi connectivity index (χ0) is 19.1. The van der Waals surface area contributed by atoms with Crippen LogP contribution in [0.5, 0.6) is 0 Å². The van der Waals surface area contributed by atoms with E-state index in [4.69, 9.17) is 4.74 Å². The Hall–Kier alpha value is -0.240. The van der Waals surface area contributed by atoms with Crippen molar-refractivity contribution in [3.63, 3.8) is 0 Å². The lowest BCUT2D eigenvalue weighted by atomic mass is 9.57. The van der Waals surface area contributed by atoms with Crippen molar-refractivity contribution in [3.05, 3.63) is 0 Å². The van der Waals surface area contributed by atoms with Crippen molar-refractivity contribution in [1.82, 2.24) is 0 Å². The number of epoxide rings is 1. The number of aliphatic hydroxyl groups is 5. The fraction of sp³-hybridized carbons (Fsp3) is 1.00. The second kappa shape index (κ2) is 4.50. The van der Waals surface area contributed by atoms with Crippen molar-refractivity contribution < 1.29 is 30.3 Å². The van der Waals surface area contributed by atoms with Gasteiger partial charge < -0.3 is 30.3 Å². The van der Waals surface area contributed by atoms with Gasteiger partial charge in [-0.05, 0) is 45.4 Å². The number of ether oxygens (including phenoxy) is 1. The molecule has 1 saturated heterocycles. The van der Waals surface area contributed by atoms with Crippen LogP contribution in [-0.4, -0.2) is 66.8 Å². The molecule has 0 unspecified atom stereocenters. The minimum absolute atomic E-state index is 0.166. The maximum Gasteiger partial charge on any atom is 0.106 e. The molecule has 0 aromatic heterocycles. The molecule has 0 amide bonds. The molecular weight excluding hydrogens is 336 g/mol. The van der Waals surface area contributed by atoms with Crippen LogP contribution in [0.1, 0.15) is 53.4 Å². The third kappa shape index (κ3) is 1.64. The van der Waals surface area contributed by atoms with E-state index in [1.165, 1.54) is 0 Å². The van der Waals surface area contributed by atoms with E-state index in [1.807, 2.05) is 13.8 Å². The number of aliphatic hydroxyl groups excluding tert-OH is 2. The summed E-state index contributed by atoms with van der Waals surface area (Å²) >= 11 is 0. The van der Waals surface area contributed by atoms with Crippen molar-refractivity contribution in [3.8, 4) is 0 Å². The average Bonchev–Trinajstić information content (AvgIpc) is 3.22. The lowest BCUT2D eigenvalue weighted by Crippen LogP contribution is -2.63. The van der Waals surface area contributed by atoms with Gasteiger partial charge in [-0.1, -0.05) is 13.8 Å². The summed E-state index contributed by atoms with van der Waals surface area (Å²) < 4.78 is 5.82. The third-order valence-electron chi connectivity index (χ3n) is 9.40. The van der Waals surface area contributed by atoms with Gasteiger partial charge in [0.1, 0.15) is 5.60 Å². The van der Waals surface area contributed by atoms with Crippen LogP contribution < -0.4 is 0 Å². The van der Waals surface area contributed by atoms with E-state index < -0.39 is 45.8 Å². The van der Waals surface area contributed by atoms with Crippen LogP contribution in [-0.2, 0) is 4.74 Å². The summed E-state index contributed by atoms with van der Waals surface area (Å²) in [6.07, 6.45) is -0.485. The smallest absolute Gasteiger partial charge is 0.106 e. The number of fused-ring (bicyclic) bond motifs is 4. The van der Waals surface area contributed by atoms with E-state index in [9.17, 15) is 25.5 Å². The highest BCUT2D eigenvalue weighted by Crippen LogP contribution is 2.72. The summed E-state index contributed by atoms with van der Waals surface area (Å²) in [5.41, 5.74) is -5.30. The largest absolute Gasteiger partial charge is 0.392 e. The van der Waals surface area contributed by atoms with Crippen molar-refractivity contribution in [1.29, 1.82) is 0 Å².